The first kappa shape index (κ1) is 14.5. The summed E-state index contributed by atoms with van der Waals surface area (Å²) in [6, 6.07) is -1.18. The van der Waals surface area contributed by atoms with Crippen LogP contribution in [0.4, 0.5) is 4.79 Å². The zero-order valence-corrected chi connectivity index (χ0v) is 11.1. The fourth-order valence-electron chi connectivity index (χ4n) is 2.23. The Morgan fingerprint density at radius 2 is 2.22 bits per heavy atom. The van der Waals surface area contributed by atoms with E-state index in [4.69, 9.17) is 5.11 Å². The fourth-order valence-corrected chi connectivity index (χ4v) is 2.23. The van der Waals surface area contributed by atoms with Gasteiger partial charge in [0, 0.05) is 13.1 Å². The first-order valence-corrected chi connectivity index (χ1v) is 6.25. The number of hydrogen-bond acceptors (Lipinski definition) is 2. The maximum atomic E-state index is 12.0. The van der Waals surface area contributed by atoms with Gasteiger partial charge in [0.25, 0.3) is 0 Å². The average Bonchev–Trinajstić information content (AvgIpc) is 2.26. The van der Waals surface area contributed by atoms with E-state index in [9.17, 15) is 9.59 Å². The van der Waals surface area contributed by atoms with Gasteiger partial charge in [-0.3, -0.25) is 0 Å². The molecule has 0 aromatic carbocycles. The molecule has 1 aliphatic rings. The molecule has 5 nitrogen and oxygen atoms in total. The molecule has 2 N–H and O–H groups in total. The maximum absolute atomic E-state index is 12.0. The Hall–Kier alpha value is -1.52. The van der Waals surface area contributed by atoms with Crippen LogP contribution in [0.1, 0.15) is 33.1 Å². The Balaban J connectivity index is 2.58. The second-order valence-electron chi connectivity index (χ2n) is 5.55. The zero-order chi connectivity index (χ0) is 13.8. The molecule has 18 heavy (non-hydrogen) atoms. The molecule has 1 fully saturated rings. The Morgan fingerprint density at radius 1 is 1.56 bits per heavy atom. The number of hydrogen-bond donors (Lipinski definition) is 2. The number of carbonyl (C=O) groups excluding carboxylic acids is 1. The van der Waals surface area contributed by atoms with Gasteiger partial charge in [0.2, 0.25) is 0 Å². The number of nitrogens with zero attached hydrogens (tertiary/aromatic N) is 1. The van der Waals surface area contributed by atoms with Gasteiger partial charge in [-0.15, -0.1) is 6.58 Å². The third kappa shape index (κ3) is 4.05. The quantitative estimate of drug-likeness (QED) is 0.752. The third-order valence-corrected chi connectivity index (χ3v) is 3.19. The lowest BCUT2D eigenvalue weighted by Gasteiger charge is -2.38. The number of urea groups is 1. The molecular weight excluding hydrogens is 232 g/mol. The average molecular weight is 254 g/mol. The van der Waals surface area contributed by atoms with Crippen LogP contribution in [0.5, 0.6) is 0 Å². The van der Waals surface area contributed by atoms with Crippen LogP contribution < -0.4 is 5.32 Å². The van der Waals surface area contributed by atoms with Crippen molar-refractivity contribution in [1.29, 1.82) is 0 Å². The second kappa shape index (κ2) is 5.89. The first-order valence-electron chi connectivity index (χ1n) is 6.25. The highest BCUT2D eigenvalue weighted by Gasteiger charge is 2.30. The second-order valence-corrected chi connectivity index (χ2v) is 5.55. The Kier molecular flexibility index (Phi) is 4.76. The van der Waals surface area contributed by atoms with E-state index in [1.807, 2.05) is 0 Å². The molecule has 1 aliphatic heterocycles. The Labute approximate surface area is 108 Å². The third-order valence-electron chi connectivity index (χ3n) is 3.19. The summed E-state index contributed by atoms with van der Waals surface area (Å²) in [6.45, 7) is 9.09. The van der Waals surface area contributed by atoms with Crippen LogP contribution in [-0.4, -0.2) is 41.1 Å². The highest BCUT2D eigenvalue weighted by molar-refractivity contribution is 5.82. The summed E-state index contributed by atoms with van der Waals surface area (Å²) in [6.07, 6.45) is 3.78. The van der Waals surface area contributed by atoms with Gasteiger partial charge >= 0.3 is 12.0 Å². The minimum atomic E-state index is -1.03. The van der Waals surface area contributed by atoms with Crippen LogP contribution in [0.15, 0.2) is 12.7 Å². The number of nitrogens with one attached hydrogen (secondary N) is 1. The highest BCUT2D eigenvalue weighted by atomic mass is 16.4. The summed E-state index contributed by atoms with van der Waals surface area (Å²) in [4.78, 5) is 24.6. The summed E-state index contributed by atoms with van der Waals surface area (Å²) in [7, 11) is 0. The van der Waals surface area contributed by atoms with E-state index in [-0.39, 0.29) is 17.9 Å². The number of carbonyl (C=O) groups is 2. The van der Waals surface area contributed by atoms with E-state index in [0.717, 1.165) is 12.8 Å². The number of amides is 2. The number of carboxylic acids is 1. The van der Waals surface area contributed by atoms with E-state index >= 15 is 0 Å². The Morgan fingerprint density at radius 3 is 2.72 bits per heavy atom. The molecule has 0 aliphatic carbocycles. The van der Waals surface area contributed by atoms with Crippen molar-refractivity contribution in [2.45, 2.75) is 39.2 Å². The number of piperidine rings is 1. The fraction of sp³-hybridized carbons (Fsp3) is 0.692. The van der Waals surface area contributed by atoms with Gasteiger partial charge in [-0.2, -0.15) is 0 Å². The molecule has 1 unspecified atom stereocenters. The van der Waals surface area contributed by atoms with Crippen molar-refractivity contribution in [2.24, 2.45) is 5.41 Å². The summed E-state index contributed by atoms with van der Waals surface area (Å²) < 4.78 is 0. The van der Waals surface area contributed by atoms with Gasteiger partial charge in [-0.25, -0.2) is 9.59 Å². The van der Waals surface area contributed by atoms with Gasteiger partial charge in [0.15, 0.2) is 0 Å². The molecule has 5 heteroatoms. The van der Waals surface area contributed by atoms with Crippen molar-refractivity contribution in [3.63, 3.8) is 0 Å². The SMILES string of the molecule is C=CCC(NC(=O)N1CCCC(C)(C)C1)C(=O)O. The van der Waals surface area contributed by atoms with E-state index < -0.39 is 12.0 Å². The smallest absolute Gasteiger partial charge is 0.326 e. The van der Waals surface area contributed by atoms with Crippen LogP contribution in [0.2, 0.25) is 0 Å². The molecule has 0 radical (unpaired) electrons. The highest BCUT2D eigenvalue weighted by Crippen LogP contribution is 2.28. The van der Waals surface area contributed by atoms with Crippen LogP contribution in [0.3, 0.4) is 0 Å². The van der Waals surface area contributed by atoms with Crippen LogP contribution in [0.25, 0.3) is 0 Å². The van der Waals surface area contributed by atoms with Crippen molar-refractivity contribution in [1.82, 2.24) is 10.2 Å². The molecule has 2 amide bonds. The van der Waals surface area contributed by atoms with Crippen molar-refractivity contribution >= 4 is 12.0 Å². The standard InChI is InChI=1S/C13H22N2O3/c1-4-6-10(11(16)17)14-12(18)15-8-5-7-13(2,3)9-15/h4,10H,1,5-9H2,2-3H3,(H,14,18)(H,16,17). The number of carboxylic acid groups (broad SMARTS) is 1. The molecule has 0 aromatic heterocycles. The van der Waals surface area contributed by atoms with Crippen molar-refractivity contribution < 1.29 is 14.7 Å². The van der Waals surface area contributed by atoms with Gasteiger partial charge < -0.3 is 15.3 Å². The number of aliphatic carboxylic acids is 1. The topological polar surface area (TPSA) is 69.6 Å². The predicted octanol–water partition coefficient (Wildman–Crippen LogP) is 1.85. The maximum Gasteiger partial charge on any atom is 0.326 e. The lowest BCUT2D eigenvalue weighted by atomic mass is 9.84. The summed E-state index contributed by atoms with van der Waals surface area (Å²) in [5.41, 5.74) is 0.104. The zero-order valence-electron chi connectivity index (χ0n) is 11.1. The number of likely N-dealkylation sites (tertiary alicyclic amines) is 1. The molecule has 1 atom stereocenters. The normalized spacial score (nSPS) is 20.0. The number of rotatable bonds is 4. The molecular formula is C13H22N2O3. The molecule has 0 bridgehead atoms. The minimum absolute atomic E-state index is 0.104. The summed E-state index contributed by atoms with van der Waals surface area (Å²) in [5, 5.41) is 11.5. The van der Waals surface area contributed by atoms with E-state index in [1.54, 1.807) is 4.90 Å². The van der Waals surface area contributed by atoms with Crippen LogP contribution in [-0.2, 0) is 4.79 Å². The molecule has 1 rings (SSSR count). The summed E-state index contributed by atoms with van der Waals surface area (Å²) in [5.74, 6) is -1.03. The van der Waals surface area contributed by atoms with Gasteiger partial charge in [-0.1, -0.05) is 19.9 Å². The predicted molar refractivity (Wildman–Crippen MR) is 69.4 cm³/mol. The molecule has 0 spiro atoms. The van der Waals surface area contributed by atoms with E-state index in [2.05, 4.69) is 25.7 Å². The molecule has 1 saturated heterocycles. The van der Waals surface area contributed by atoms with Crippen molar-refractivity contribution in [3.8, 4) is 0 Å². The van der Waals surface area contributed by atoms with Crippen molar-refractivity contribution in [2.75, 3.05) is 13.1 Å². The summed E-state index contributed by atoms with van der Waals surface area (Å²) >= 11 is 0. The molecule has 102 valence electrons. The van der Waals surface area contributed by atoms with E-state index in [0.29, 0.717) is 13.1 Å². The monoisotopic (exact) mass is 254 g/mol. The molecule has 0 aromatic rings. The van der Waals surface area contributed by atoms with Crippen LogP contribution in [0, 0.1) is 5.41 Å². The molecule has 0 saturated carbocycles. The van der Waals surface area contributed by atoms with Gasteiger partial charge in [0.05, 0.1) is 0 Å². The largest absolute Gasteiger partial charge is 0.480 e. The van der Waals surface area contributed by atoms with Crippen LogP contribution >= 0.6 is 0 Å². The first-order chi connectivity index (χ1) is 8.35. The lowest BCUT2D eigenvalue weighted by Crippen LogP contribution is -2.52. The Bertz CT molecular complexity index is 339. The minimum Gasteiger partial charge on any atom is -0.480 e. The molecule has 1 heterocycles. The lowest BCUT2D eigenvalue weighted by molar-refractivity contribution is -0.139. The van der Waals surface area contributed by atoms with Crippen molar-refractivity contribution in [3.05, 3.63) is 12.7 Å². The van der Waals surface area contributed by atoms with Gasteiger partial charge in [-0.05, 0) is 24.7 Å². The van der Waals surface area contributed by atoms with E-state index in [1.165, 1.54) is 6.08 Å². The van der Waals surface area contributed by atoms with Gasteiger partial charge in [0.1, 0.15) is 6.04 Å².